The largest absolute Gasteiger partial charge is 0.374 e. The van der Waals surface area contributed by atoms with Crippen LogP contribution in [0.2, 0.25) is 0 Å². The molecule has 1 saturated carbocycles. The van der Waals surface area contributed by atoms with E-state index in [1.165, 1.54) is 22.7 Å². The maximum absolute atomic E-state index is 12.2. The molecule has 2 atom stereocenters. The first-order valence-electron chi connectivity index (χ1n) is 8.90. The van der Waals surface area contributed by atoms with Crippen LogP contribution in [-0.4, -0.2) is 26.3 Å². The molecule has 1 amide bonds. The Kier molecular flexibility index (Phi) is 5.40. The number of carbonyl (C=O) groups is 1. The van der Waals surface area contributed by atoms with Gasteiger partial charge in [-0.05, 0) is 30.7 Å². The summed E-state index contributed by atoms with van der Waals surface area (Å²) in [6.07, 6.45) is 4.55. The van der Waals surface area contributed by atoms with Crippen molar-refractivity contribution >= 4 is 38.8 Å². The Morgan fingerprint density at radius 1 is 1.11 bits per heavy atom. The molecule has 0 radical (unpaired) electrons. The molecule has 1 aromatic carbocycles. The Bertz CT molecular complexity index is 909. The third kappa shape index (κ3) is 4.67. The average molecular weight is 401 g/mol. The highest BCUT2D eigenvalue weighted by Gasteiger charge is 2.29. The lowest BCUT2D eigenvalue weighted by atomic mass is 10.0. The number of carbonyl (C=O) groups excluding carboxylic acids is 1. The lowest BCUT2D eigenvalue weighted by Gasteiger charge is -2.06. The second-order valence-corrected chi connectivity index (χ2v) is 8.87. The van der Waals surface area contributed by atoms with E-state index in [9.17, 15) is 4.79 Å². The average Bonchev–Trinajstić information content (AvgIpc) is 3.38. The smallest absolute Gasteiger partial charge is 0.230 e. The first kappa shape index (κ1) is 18.0. The maximum Gasteiger partial charge on any atom is 0.230 e. The molecule has 9 heteroatoms. The highest BCUT2D eigenvalue weighted by atomic mass is 32.1. The standard InChI is InChI=1S/C18H20N6OS2/c19-17-23-21-15(26-17)10-12-6-7-13(8-12)16-22-24-18(27-16)20-14(25)9-11-4-2-1-3-5-11/h1-5,12-13H,6-10H2,(H2,19,23)(H,20,24,25)/t12?,13-/m1/s1. The Labute approximate surface area is 165 Å². The number of nitrogens with zero attached hydrogens (tertiary/aromatic N) is 4. The summed E-state index contributed by atoms with van der Waals surface area (Å²) in [4.78, 5) is 12.2. The number of rotatable bonds is 6. The molecule has 3 N–H and O–H groups in total. The lowest BCUT2D eigenvalue weighted by molar-refractivity contribution is -0.115. The van der Waals surface area contributed by atoms with Gasteiger partial charge in [0.25, 0.3) is 0 Å². The molecule has 2 aromatic heterocycles. The summed E-state index contributed by atoms with van der Waals surface area (Å²) >= 11 is 2.95. The van der Waals surface area contributed by atoms with Crippen LogP contribution in [0.4, 0.5) is 10.3 Å². The van der Waals surface area contributed by atoms with Crippen molar-refractivity contribution in [2.75, 3.05) is 11.1 Å². The van der Waals surface area contributed by atoms with E-state index >= 15 is 0 Å². The van der Waals surface area contributed by atoms with E-state index in [4.69, 9.17) is 5.73 Å². The van der Waals surface area contributed by atoms with Crippen LogP contribution in [0, 0.1) is 5.92 Å². The van der Waals surface area contributed by atoms with Crippen molar-refractivity contribution in [1.29, 1.82) is 0 Å². The molecular formula is C18H20N6OS2. The second kappa shape index (κ2) is 8.10. The fraction of sp³-hybridized carbons (Fsp3) is 0.389. The number of aromatic nitrogens is 4. The maximum atomic E-state index is 12.2. The van der Waals surface area contributed by atoms with Gasteiger partial charge in [-0.3, -0.25) is 4.79 Å². The van der Waals surface area contributed by atoms with Crippen molar-refractivity contribution in [3.05, 3.63) is 45.9 Å². The van der Waals surface area contributed by atoms with Crippen LogP contribution in [0.3, 0.4) is 0 Å². The first-order valence-corrected chi connectivity index (χ1v) is 10.5. The van der Waals surface area contributed by atoms with E-state index in [-0.39, 0.29) is 5.91 Å². The number of nitrogens with two attached hydrogens (primary N) is 1. The molecule has 0 bridgehead atoms. The number of amides is 1. The Balaban J connectivity index is 1.31. The molecular weight excluding hydrogens is 380 g/mol. The molecule has 0 spiro atoms. The van der Waals surface area contributed by atoms with E-state index in [1.807, 2.05) is 30.3 Å². The lowest BCUT2D eigenvalue weighted by Crippen LogP contribution is -2.14. The highest BCUT2D eigenvalue weighted by molar-refractivity contribution is 7.15. The van der Waals surface area contributed by atoms with Gasteiger partial charge in [-0.2, -0.15) is 0 Å². The number of hydrogen-bond acceptors (Lipinski definition) is 8. The molecule has 1 aliphatic rings. The van der Waals surface area contributed by atoms with Crippen LogP contribution in [0.5, 0.6) is 0 Å². The Hall–Kier alpha value is -2.39. The highest BCUT2D eigenvalue weighted by Crippen LogP contribution is 2.41. The van der Waals surface area contributed by atoms with E-state index < -0.39 is 0 Å². The minimum absolute atomic E-state index is 0.0675. The molecule has 0 saturated heterocycles. The van der Waals surface area contributed by atoms with Gasteiger partial charge in [0.2, 0.25) is 16.2 Å². The number of hydrogen-bond donors (Lipinski definition) is 2. The van der Waals surface area contributed by atoms with Crippen molar-refractivity contribution in [3.8, 4) is 0 Å². The molecule has 7 nitrogen and oxygen atoms in total. The Morgan fingerprint density at radius 2 is 1.96 bits per heavy atom. The second-order valence-electron chi connectivity index (χ2n) is 6.77. The summed E-state index contributed by atoms with van der Waals surface area (Å²) in [5.74, 6) is 0.905. The summed E-state index contributed by atoms with van der Waals surface area (Å²) in [6.45, 7) is 0. The summed E-state index contributed by atoms with van der Waals surface area (Å²) in [7, 11) is 0. The van der Waals surface area contributed by atoms with Crippen molar-refractivity contribution in [3.63, 3.8) is 0 Å². The molecule has 2 heterocycles. The quantitative estimate of drug-likeness (QED) is 0.658. The first-order chi connectivity index (χ1) is 13.2. The van der Waals surface area contributed by atoms with Gasteiger partial charge >= 0.3 is 0 Å². The van der Waals surface area contributed by atoms with Gasteiger partial charge in [-0.1, -0.05) is 53.0 Å². The van der Waals surface area contributed by atoms with Gasteiger partial charge in [0.15, 0.2) is 0 Å². The van der Waals surface area contributed by atoms with Crippen molar-refractivity contribution in [1.82, 2.24) is 20.4 Å². The third-order valence-corrected chi connectivity index (χ3v) is 6.51. The molecule has 1 aliphatic carbocycles. The summed E-state index contributed by atoms with van der Waals surface area (Å²) in [5.41, 5.74) is 6.64. The fourth-order valence-electron chi connectivity index (χ4n) is 3.48. The zero-order valence-electron chi connectivity index (χ0n) is 14.7. The number of nitrogens with one attached hydrogen (secondary N) is 1. The summed E-state index contributed by atoms with van der Waals surface area (Å²) in [6, 6.07) is 9.68. The van der Waals surface area contributed by atoms with Crippen LogP contribution in [0.15, 0.2) is 30.3 Å². The predicted octanol–water partition coefficient (Wildman–Crippen LogP) is 3.28. The SMILES string of the molecule is Nc1nnc(CC2CC[C@@H](c3nnc(NC(=O)Cc4ccccc4)s3)C2)s1. The third-order valence-electron chi connectivity index (χ3n) is 4.73. The molecule has 27 heavy (non-hydrogen) atoms. The monoisotopic (exact) mass is 400 g/mol. The molecule has 4 rings (SSSR count). The van der Waals surface area contributed by atoms with Crippen molar-refractivity contribution < 1.29 is 4.79 Å². The van der Waals surface area contributed by atoms with Gasteiger partial charge in [0.05, 0.1) is 6.42 Å². The van der Waals surface area contributed by atoms with E-state index in [1.54, 1.807) is 0 Å². The number of anilines is 2. The van der Waals surface area contributed by atoms with Gasteiger partial charge in [-0.15, -0.1) is 20.4 Å². The zero-order chi connectivity index (χ0) is 18.6. The number of nitrogen functional groups attached to an aromatic ring is 1. The predicted molar refractivity (Wildman–Crippen MR) is 107 cm³/mol. The summed E-state index contributed by atoms with van der Waals surface area (Å²) in [5, 5.41) is 22.4. The molecule has 3 aromatic rings. The Morgan fingerprint density at radius 3 is 2.74 bits per heavy atom. The normalized spacial score (nSPS) is 19.3. The molecule has 1 fully saturated rings. The minimum atomic E-state index is -0.0675. The van der Waals surface area contributed by atoms with Gasteiger partial charge < -0.3 is 11.1 Å². The van der Waals surface area contributed by atoms with Crippen LogP contribution in [0.1, 0.15) is 40.8 Å². The number of benzene rings is 1. The topological polar surface area (TPSA) is 107 Å². The van der Waals surface area contributed by atoms with Crippen LogP contribution < -0.4 is 11.1 Å². The van der Waals surface area contributed by atoms with Crippen LogP contribution in [-0.2, 0) is 17.6 Å². The molecule has 1 unspecified atom stereocenters. The van der Waals surface area contributed by atoms with E-state index in [0.717, 1.165) is 41.3 Å². The molecule has 0 aliphatic heterocycles. The zero-order valence-corrected chi connectivity index (χ0v) is 16.3. The van der Waals surface area contributed by atoms with Crippen LogP contribution >= 0.6 is 22.7 Å². The van der Waals surface area contributed by atoms with Crippen LogP contribution in [0.25, 0.3) is 0 Å². The van der Waals surface area contributed by atoms with Gasteiger partial charge in [0.1, 0.15) is 10.0 Å². The molecule has 140 valence electrons. The summed E-state index contributed by atoms with van der Waals surface area (Å²) < 4.78 is 0. The fourth-order valence-corrected chi connectivity index (χ4v) is 5.11. The van der Waals surface area contributed by atoms with Gasteiger partial charge in [0, 0.05) is 12.3 Å². The van der Waals surface area contributed by atoms with Crippen molar-refractivity contribution in [2.45, 2.75) is 38.0 Å². The van der Waals surface area contributed by atoms with E-state index in [2.05, 4.69) is 25.7 Å². The minimum Gasteiger partial charge on any atom is -0.374 e. The van der Waals surface area contributed by atoms with Crippen molar-refractivity contribution in [2.24, 2.45) is 5.92 Å². The van der Waals surface area contributed by atoms with Gasteiger partial charge in [-0.25, -0.2) is 0 Å². The van der Waals surface area contributed by atoms with E-state index in [0.29, 0.717) is 28.5 Å².